The van der Waals surface area contributed by atoms with E-state index in [0.29, 0.717) is 5.92 Å². The van der Waals surface area contributed by atoms with Crippen LogP contribution in [0.1, 0.15) is 25.1 Å². The maximum absolute atomic E-state index is 5.44. The van der Waals surface area contributed by atoms with Crippen LogP contribution in [0.25, 0.3) is 0 Å². The van der Waals surface area contributed by atoms with E-state index in [1.54, 1.807) is 13.4 Å². The molecule has 0 bridgehead atoms. The van der Waals surface area contributed by atoms with Crippen LogP contribution in [-0.4, -0.2) is 23.1 Å². The fourth-order valence-corrected chi connectivity index (χ4v) is 2.29. The van der Waals surface area contributed by atoms with Gasteiger partial charge in [-0.1, -0.05) is 32.0 Å². The highest BCUT2D eigenvalue weighted by atomic mass is 16.5. The molecule has 1 unspecified atom stereocenters. The summed E-state index contributed by atoms with van der Waals surface area (Å²) in [5, 5.41) is 3.51. The van der Waals surface area contributed by atoms with Crippen molar-refractivity contribution < 1.29 is 4.74 Å². The summed E-state index contributed by atoms with van der Waals surface area (Å²) in [6.07, 6.45) is 2.49. The second kappa shape index (κ2) is 7.07. The Morgan fingerprint density at radius 1 is 1.19 bits per heavy atom. The fraction of sp³-hybridized carbons (Fsp3) is 0.412. The smallest absolute Gasteiger partial charge is 0.129 e. The molecule has 4 nitrogen and oxygen atoms in total. The molecule has 1 aromatic carbocycles. The van der Waals surface area contributed by atoms with Gasteiger partial charge in [0.15, 0.2) is 0 Å². The maximum atomic E-state index is 5.44. The number of aromatic nitrogens is 2. The number of methoxy groups -OCH3 is 1. The number of ether oxygens (including phenoxy) is 1. The van der Waals surface area contributed by atoms with Gasteiger partial charge in [-0.25, -0.2) is 9.97 Å². The number of rotatable bonds is 6. The standard InChI is InChI=1S/C17H23N3O/c1-12(2)15(20-17-9-13(3)18-11-19-17)10-14-7-5-6-8-16(14)21-4/h5-9,11-12,15H,10H2,1-4H3,(H,18,19,20). The summed E-state index contributed by atoms with van der Waals surface area (Å²) in [6, 6.07) is 10.4. The Balaban J connectivity index is 2.16. The van der Waals surface area contributed by atoms with Gasteiger partial charge in [0, 0.05) is 17.8 Å². The van der Waals surface area contributed by atoms with Crippen LogP contribution in [0.15, 0.2) is 36.7 Å². The van der Waals surface area contributed by atoms with Crippen molar-refractivity contribution in [1.82, 2.24) is 9.97 Å². The molecule has 0 saturated carbocycles. The minimum atomic E-state index is 0.288. The fourth-order valence-electron chi connectivity index (χ4n) is 2.29. The van der Waals surface area contributed by atoms with E-state index in [4.69, 9.17) is 4.74 Å². The molecule has 4 heteroatoms. The molecule has 2 aromatic rings. The van der Waals surface area contributed by atoms with Crippen molar-refractivity contribution in [1.29, 1.82) is 0 Å². The summed E-state index contributed by atoms with van der Waals surface area (Å²) in [6.45, 7) is 6.39. The lowest BCUT2D eigenvalue weighted by Crippen LogP contribution is -2.28. The third-order valence-electron chi connectivity index (χ3n) is 3.57. The van der Waals surface area contributed by atoms with Crippen LogP contribution in [0.4, 0.5) is 5.82 Å². The van der Waals surface area contributed by atoms with Crippen LogP contribution in [0, 0.1) is 12.8 Å². The Hall–Kier alpha value is -2.10. The van der Waals surface area contributed by atoms with Crippen molar-refractivity contribution in [3.05, 3.63) is 47.9 Å². The summed E-state index contributed by atoms with van der Waals surface area (Å²) < 4.78 is 5.44. The Morgan fingerprint density at radius 2 is 1.95 bits per heavy atom. The number of nitrogens with one attached hydrogen (secondary N) is 1. The predicted octanol–water partition coefficient (Wildman–Crippen LogP) is 3.47. The normalized spacial score (nSPS) is 12.2. The molecule has 0 aliphatic rings. The molecule has 112 valence electrons. The zero-order valence-corrected chi connectivity index (χ0v) is 13.1. The molecule has 0 radical (unpaired) electrons. The average molecular weight is 285 g/mol. The number of nitrogens with zero attached hydrogens (tertiary/aromatic N) is 2. The number of hydrogen-bond acceptors (Lipinski definition) is 4. The van der Waals surface area contributed by atoms with Crippen LogP contribution < -0.4 is 10.1 Å². The summed E-state index contributed by atoms with van der Waals surface area (Å²) >= 11 is 0. The van der Waals surface area contributed by atoms with Crippen LogP contribution >= 0.6 is 0 Å². The highest BCUT2D eigenvalue weighted by Gasteiger charge is 2.16. The minimum Gasteiger partial charge on any atom is -0.496 e. The number of anilines is 1. The van der Waals surface area contributed by atoms with Gasteiger partial charge in [-0.05, 0) is 30.9 Å². The van der Waals surface area contributed by atoms with Crippen molar-refractivity contribution in [2.75, 3.05) is 12.4 Å². The van der Waals surface area contributed by atoms with E-state index in [2.05, 4.69) is 35.2 Å². The van der Waals surface area contributed by atoms with Gasteiger partial charge < -0.3 is 10.1 Å². The molecule has 0 spiro atoms. The number of para-hydroxylation sites is 1. The molecule has 21 heavy (non-hydrogen) atoms. The van der Waals surface area contributed by atoms with E-state index in [1.165, 1.54) is 5.56 Å². The molecule has 0 aliphatic heterocycles. The summed E-state index contributed by atoms with van der Waals surface area (Å²) in [4.78, 5) is 8.42. The van der Waals surface area contributed by atoms with Crippen molar-refractivity contribution in [2.45, 2.75) is 33.2 Å². The Labute approximate surface area is 126 Å². The zero-order valence-electron chi connectivity index (χ0n) is 13.1. The van der Waals surface area contributed by atoms with Gasteiger partial charge in [0.2, 0.25) is 0 Å². The number of benzene rings is 1. The molecule has 2 rings (SSSR count). The highest BCUT2D eigenvalue weighted by Crippen LogP contribution is 2.22. The summed E-state index contributed by atoms with van der Waals surface area (Å²) in [5.41, 5.74) is 2.17. The number of hydrogen-bond donors (Lipinski definition) is 1. The van der Waals surface area contributed by atoms with Gasteiger partial charge in [0.05, 0.1) is 7.11 Å². The highest BCUT2D eigenvalue weighted by molar-refractivity contribution is 5.39. The lowest BCUT2D eigenvalue weighted by Gasteiger charge is -2.24. The first-order valence-corrected chi connectivity index (χ1v) is 7.27. The molecular formula is C17H23N3O. The van der Waals surface area contributed by atoms with Crippen molar-refractivity contribution in [3.63, 3.8) is 0 Å². The lowest BCUT2D eigenvalue weighted by molar-refractivity contribution is 0.405. The second-order valence-corrected chi connectivity index (χ2v) is 5.56. The molecule has 1 aromatic heterocycles. The molecular weight excluding hydrogens is 262 g/mol. The minimum absolute atomic E-state index is 0.288. The van der Waals surface area contributed by atoms with Gasteiger partial charge >= 0.3 is 0 Å². The lowest BCUT2D eigenvalue weighted by atomic mass is 9.96. The van der Waals surface area contributed by atoms with Crippen LogP contribution in [0.2, 0.25) is 0 Å². The Kier molecular flexibility index (Phi) is 5.14. The molecule has 0 amide bonds. The van der Waals surface area contributed by atoms with Crippen molar-refractivity contribution >= 4 is 5.82 Å². The van der Waals surface area contributed by atoms with Gasteiger partial charge in [0.25, 0.3) is 0 Å². The zero-order chi connectivity index (χ0) is 15.2. The van der Waals surface area contributed by atoms with E-state index < -0.39 is 0 Å². The van der Waals surface area contributed by atoms with Crippen molar-refractivity contribution in [2.24, 2.45) is 5.92 Å². The number of aryl methyl sites for hydroxylation is 1. The molecule has 1 N–H and O–H groups in total. The summed E-state index contributed by atoms with van der Waals surface area (Å²) in [7, 11) is 1.71. The van der Waals surface area contributed by atoms with Crippen LogP contribution in [0.3, 0.4) is 0 Å². The average Bonchev–Trinajstić information content (AvgIpc) is 2.47. The van der Waals surface area contributed by atoms with Gasteiger partial charge in [0.1, 0.15) is 17.9 Å². The molecule has 0 fully saturated rings. The first-order valence-electron chi connectivity index (χ1n) is 7.27. The van der Waals surface area contributed by atoms with E-state index in [-0.39, 0.29) is 6.04 Å². The largest absolute Gasteiger partial charge is 0.496 e. The first kappa shape index (κ1) is 15.3. The van der Waals surface area contributed by atoms with E-state index in [9.17, 15) is 0 Å². The molecule has 0 saturated heterocycles. The van der Waals surface area contributed by atoms with Crippen LogP contribution in [-0.2, 0) is 6.42 Å². The predicted molar refractivity (Wildman–Crippen MR) is 85.7 cm³/mol. The maximum Gasteiger partial charge on any atom is 0.129 e. The van der Waals surface area contributed by atoms with Crippen molar-refractivity contribution in [3.8, 4) is 5.75 Å². The Morgan fingerprint density at radius 3 is 2.62 bits per heavy atom. The van der Waals surface area contributed by atoms with Gasteiger partial charge in [-0.15, -0.1) is 0 Å². The summed E-state index contributed by atoms with van der Waals surface area (Å²) in [5.74, 6) is 2.28. The topological polar surface area (TPSA) is 47.0 Å². The molecule has 0 aliphatic carbocycles. The van der Waals surface area contributed by atoms with Gasteiger partial charge in [-0.3, -0.25) is 0 Å². The van der Waals surface area contributed by atoms with E-state index in [1.807, 2.05) is 31.2 Å². The van der Waals surface area contributed by atoms with Crippen LogP contribution in [0.5, 0.6) is 5.75 Å². The molecule has 1 atom stereocenters. The third-order valence-corrected chi connectivity index (χ3v) is 3.57. The van der Waals surface area contributed by atoms with E-state index in [0.717, 1.165) is 23.7 Å². The molecule has 1 heterocycles. The van der Waals surface area contributed by atoms with E-state index >= 15 is 0 Å². The quantitative estimate of drug-likeness (QED) is 0.882. The van der Waals surface area contributed by atoms with Gasteiger partial charge in [-0.2, -0.15) is 0 Å². The monoisotopic (exact) mass is 285 g/mol. The Bertz CT molecular complexity index is 584. The SMILES string of the molecule is COc1ccccc1CC(Nc1cc(C)ncn1)C(C)C. The third kappa shape index (κ3) is 4.18. The second-order valence-electron chi connectivity index (χ2n) is 5.56. The first-order chi connectivity index (χ1) is 10.1.